The summed E-state index contributed by atoms with van der Waals surface area (Å²) in [4.78, 5) is 0. The van der Waals surface area contributed by atoms with E-state index in [-0.39, 0.29) is 0 Å². The summed E-state index contributed by atoms with van der Waals surface area (Å²) in [6.07, 6.45) is 2.82. The number of benzene rings is 1. The van der Waals surface area contributed by atoms with Gasteiger partial charge in [-0.3, -0.25) is 4.68 Å². The first-order chi connectivity index (χ1) is 10.2. The van der Waals surface area contributed by atoms with E-state index in [9.17, 15) is 0 Å². The lowest BCUT2D eigenvalue weighted by atomic mass is 10.0. The van der Waals surface area contributed by atoms with Gasteiger partial charge in [-0.25, -0.2) is 0 Å². The molecule has 1 atom stereocenters. The molecule has 0 aliphatic rings. The second-order valence-corrected chi connectivity index (χ2v) is 5.55. The second-order valence-electron chi connectivity index (χ2n) is 5.17. The predicted octanol–water partition coefficient (Wildman–Crippen LogP) is 4.01. The minimum absolute atomic E-state index is 0.340. The zero-order chi connectivity index (χ0) is 15.2. The van der Waals surface area contributed by atoms with Gasteiger partial charge in [0.25, 0.3) is 0 Å². The van der Waals surface area contributed by atoms with Crippen LogP contribution in [0.4, 0.5) is 0 Å². The average Bonchev–Trinajstić information content (AvgIpc) is 2.84. The van der Waals surface area contributed by atoms with Gasteiger partial charge >= 0.3 is 0 Å². The van der Waals surface area contributed by atoms with E-state index in [1.807, 2.05) is 17.8 Å². The summed E-state index contributed by atoms with van der Waals surface area (Å²) in [5.41, 5.74) is 3.48. The summed E-state index contributed by atoms with van der Waals surface area (Å²) in [5, 5.41) is 8.83. The molecule has 21 heavy (non-hydrogen) atoms. The van der Waals surface area contributed by atoms with Crippen LogP contribution in [0.3, 0.4) is 0 Å². The molecule has 0 spiro atoms. The molecular weight excluding hydrogens is 282 g/mol. The van der Waals surface area contributed by atoms with Gasteiger partial charge in [-0.1, -0.05) is 48.9 Å². The third-order valence-corrected chi connectivity index (χ3v) is 4.35. The molecule has 2 rings (SSSR count). The van der Waals surface area contributed by atoms with Gasteiger partial charge in [-0.15, -0.1) is 0 Å². The molecule has 2 aromatic rings. The zero-order valence-corrected chi connectivity index (χ0v) is 13.8. The van der Waals surface area contributed by atoms with E-state index >= 15 is 0 Å². The fraction of sp³-hybridized carbons (Fsp3) is 0.471. The summed E-state index contributed by atoms with van der Waals surface area (Å²) in [5.74, 6) is 0. The Balaban J connectivity index is 2.13. The summed E-state index contributed by atoms with van der Waals surface area (Å²) in [6, 6.07) is 10.9. The van der Waals surface area contributed by atoms with Crippen molar-refractivity contribution in [2.24, 2.45) is 0 Å². The average molecular weight is 306 g/mol. The van der Waals surface area contributed by atoms with E-state index in [0.717, 1.165) is 42.2 Å². The summed E-state index contributed by atoms with van der Waals surface area (Å²) >= 11 is 6.48. The highest BCUT2D eigenvalue weighted by Gasteiger charge is 2.16. The molecule has 114 valence electrons. The van der Waals surface area contributed by atoms with Crippen LogP contribution in [0.2, 0.25) is 5.02 Å². The minimum atomic E-state index is 0.340. The van der Waals surface area contributed by atoms with E-state index in [1.165, 1.54) is 5.56 Å². The number of hydrogen-bond donors (Lipinski definition) is 1. The fourth-order valence-corrected chi connectivity index (χ4v) is 3.06. The van der Waals surface area contributed by atoms with Crippen LogP contribution in [0, 0.1) is 0 Å². The molecule has 1 aromatic carbocycles. The van der Waals surface area contributed by atoms with Gasteiger partial charge in [0.1, 0.15) is 0 Å². The van der Waals surface area contributed by atoms with Gasteiger partial charge < -0.3 is 5.32 Å². The zero-order valence-electron chi connectivity index (χ0n) is 13.1. The minimum Gasteiger partial charge on any atom is -0.313 e. The van der Waals surface area contributed by atoms with Crippen LogP contribution in [0.15, 0.2) is 30.3 Å². The highest BCUT2D eigenvalue weighted by Crippen LogP contribution is 2.26. The quantitative estimate of drug-likeness (QED) is 0.837. The maximum Gasteiger partial charge on any atom is 0.0849 e. The van der Waals surface area contributed by atoms with Gasteiger partial charge in [0, 0.05) is 12.6 Å². The molecule has 0 radical (unpaired) electrons. The van der Waals surface area contributed by atoms with Crippen LogP contribution in [0.1, 0.15) is 43.3 Å². The largest absolute Gasteiger partial charge is 0.313 e. The molecule has 1 aromatic heterocycles. The molecule has 0 amide bonds. The monoisotopic (exact) mass is 305 g/mol. The van der Waals surface area contributed by atoms with Crippen molar-refractivity contribution in [1.82, 2.24) is 15.1 Å². The summed E-state index contributed by atoms with van der Waals surface area (Å²) in [6.45, 7) is 5.07. The molecule has 4 heteroatoms. The standard InChI is InChI=1S/C17H24ClN3/c1-4-14-17(18)16(21(5-2)20-14)12-11-15(19-3)13-9-7-6-8-10-13/h6-10,15,19H,4-5,11-12H2,1-3H3. The Morgan fingerprint density at radius 1 is 1.24 bits per heavy atom. The summed E-state index contributed by atoms with van der Waals surface area (Å²) < 4.78 is 2.04. The number of halogens is 1. The Hall–Kier alpha value is -1.32. The Labute approximate surface area is 132 Å². The first-order valence-electron chi connectivity index (χ1n) is 7.67. The van der Waals surface area contributed by atoms with E-state index < -0.39 is 0 Å². The van der Waals surface area contributed by atoms with Crippen LogP contribution >= 0.6 is 11.6 Å². The molecule has 0 saturated heterocycles. The van der Waals surface area contributed by atoms with Crippen LogP contribution in [-0.4, -0.2) is 16.8 Å². The van der Waals surface area contributed by atoms with Gasteiger partial charge in [-0.2, -0.15) is 5.10 Å². The predicted molar refractivity (Wildman–Crippen MR) is 88.9 cm³/mol. The Morgan fingerprint density at radius 2 is 1.95 bits per heavy atom. The van der Waals surface area contributed by atoms with Crippen molar-refractivity contribution in [3.8, 4) is 0 Å². The first kappa shape index (κ1) is 16.1. The van der Waals surface area contributed by atoms with Crippen molar-refractivity contribution >= 4 is 11.6 Å². The molecule has 0 saturated carbocycles. The van der Waals surface area contributed by atoms with Crippen LogP contribution in [-0.2, 0) is 19.4 Å². The van der Waals surface area contributed by atoms with Gasteiger partial charge in [0.2, 0.25) is 0 Å². The number of aromatic nitrogens is 2. The Kier molecular flexibility index (Phi) is 5.83. The van der Waals surface area contributed by atoms with Crippen molar-refractivity contribution in [2.45, 2.75) is 45.7 Å². The lowest BCUT2D eigenvalue weighted by molar-refractivity contribution is 0.525. The fourth-order valence-electron chi connectivity index (χ4n) is 2.70. The van der Waals surface area contributed by atoms with Crippen molar-refractivity contribution < 1.29 is 0 Å². The number of aryl methyl sites for hydroxylation is 2. The molecule has 1 unspecified atom stereocenters. The number of rotatable bonds is 7. The van der Waals surface area contributed by atoms with E-state index in [4.69, 9.17) is 11.6 Å². The third kappa shape index (κ3) is 3.66. The van der Waals surface area contributed by atoms with Crippen molar-refractivity contribution in [3.63, 3.8) is 0 Å². The van der Waals surface area contributed by atoms with E-state index in [1.54, 1.807) is 0 Å². The lowest BCUT2D eigenvalue weighted by Crippen LogP contribution is -2.17. The molecule has 1 heterocycles. The van der Waals surface area contributed by atoms with Crippen molar-refractivity contribution in [1.29, 1.82) is 0 Å². The van der Waals surface area contributed by atoms with Crippen molar-refractivity contribution in [2.75, 3.05) is 7.05 Å². The Bertz CT molecular complexity index is 563. The topological polar surface area (TPSA) is 29.9 Å². The number of nitrogens with zero attached hydrogens (tertiary/aromatic N) is 2. The van der Waals surface area contributed by atoms with Crippen LogP contribution in [0.5, 0.6) is 0 Å². The molecule has 1 N–H and O–H groups in total. The summed E-state index contributed by atoms with van der Waals surface area (Å²) in [7, 11) is 2.01. The SMILES string of the molecule is CCc1nn(CC)c(CCC(NC)c2ccccc2)c1Cl. The van der Waals surface area contributed by atoms with Gasteiger partial charge in [0.15, 0.2) is 0 Å². The highest BCUT2D eigenvalue weighted by molar-refractivity contribution is 6.31. The highest BCUT2D eigenvalue weighted by atomic mass is 35.5. The first-order valence-corrected chi connectivity index (χ1v) is 8.05. The van der Waals surface area contributed by atoms with Crippen molar-refractivity contribution in [3.05, 3.63) is 52.3 Å². The lowest BCUT2D eigenvalue weighted by Gasteiger charge is -2.17. The number of hydrogen-bond acceptors (Lipinski definition) is 2. The maximum atomic E-state index is 6.48. The normalized spacial score (nSPS) is 12.6. The molecule has 0 aliphatic carbocycles. The smallest absolute Gasteiger partial charge is 0.0849 e. The molecule has 0 bridgehead atoms. The number of nitrogens with one attached hydrogen (secondary N) is 1. The molecule has 0 fully saturated rings. The molecular formula is C17H24ClN3. The van der Waals surface area contributed by atoms with Gasteiger partial charge in [-0.05, 0) is 38.8 Å². The van der Waals surface area contributed by atoms with Crippen LogP contribution < -0.4 is 5.32 Å². The van der Waals surface area contributed by atoms with E-state index in [2.05, 4.69) is 48.5 Å². The third-order valence-electron chi connectivity index (χ3n) is 3.91. The van der Waals surface area contributed by atoms with Crippen LogP contribution in [0.25, 0.3) is 0 Å². The molecule has 3 nitrogen and oxygen atoms in total. The van der Waals surface area contributed by atoms with E-state index in [0.29, 0.717) is 6.04 Å². The second kappa shape index (κ2) is 7.62. The van der Waals surface area contributed by atoms with Gasteiger partial charge in [0.05, 0.1) is 16.4 Å². The maximum absolute atomic E-state index is 6.48. The Morgan fingerprint density at radius 3 is 2.52 bits per heavy atom. The molecule has 0 aliphatic heterocycles.